The largest absolute Gasteiger partial charge is 0.460 e. The number of ether oxygens (including phenoxy) is 1. The van der Waals surface area contributed by atoms with Gasteiger partial charge in [0.05, 0.1) is 11.1 Å². The number of benzene rings is 2. The molecule has 0 unspecified atom stereocenters. The van der Waals surface area contributed by atoms with Crippen molar-refractivity contribution in [2.75, 3.05) is 6.61 Å². The summed E-state index contributed by atoms with van der Waals surface area (Å²) < 4.78 is 11.0. The van der Waals surface area contributed by atoms with Crippen molar-refractivity contribution < 1.29 is 18.7 Å². The topological polar surface area (TPSA) is 69.4 Å². The molecule has 4 rings (SSSR count). The van der Waals surface area contributed by atoms with Crippen LogP contribution in [0.4, 0.5) is 0 Å². The number of fused-ring (bicyclic) bond motifs is 1. The third-order valence-electron chi connectivity index (χ3n) is 4.95. The van der Waals surface area contributed by atoms with E-state index in [4.69, 9.17) is 9.15 Å². The minimum Gasteiger partial charge on any atom is -0.460 e. The molecule has 150 valence electrons. The average molecular weight is 399 g/mol. The van der Waals surface area contributed by atoms with Crippen molar-refractivity contribution in [3.63, 3.8) is 0 Å². The summed E-state index contributed by atoms with van der Waals surface area (Å²) in [6.07, 6.45) is 0.899. The summed E-state index contributed by atoms with van der Waals surface area (Å²) in [4.78, 5) is 29.9. The number of esters is 1. The van der Waals surface area contributed by atoms with Crippen LogP contribution in [0.5, 0.6) is 0 Å². The number of aromatic nitrogens is 1. The van der Waals surface area contributed by atoms with Crippen molar-refractivity contribution in [2.45, 2.75) is 20.3 Å². The lowest BCUT2D eigenvalue weighted by atomic mass is 10.1. The third kappa shape index (κ3) is 4.01. The molecule has 0 aliphatic carbocycles. The summed E-state index contributed by atoms with van der Waals surface area (Å²) in [7, 11) is 0. The number of nitrogens with zero attached hydrogens (tertiary/aromatic N) is 1. The molecule has 0 aliphatic heterocycles. The molecule has 0 radical (unpaired) electrons. The highest BCUT2D eigenvalue weighted by atomic mass is 16.5. The number of hydrogen-bond acceptors (Lipinski definition) is 5. The number of aryl methyl sites for hydroxylation is 2. The second kappa shape index (κ2) is 8.33. The molecule has 0 N–H and O–H groups in total. The van der Waals surface area contributed by atoms with Crippen LogP contribution in [0.15, 0.2) is 71.1 Å². The van der Waals surface area contributed by atoms with Gasteiger partial charge in [0.1, 0.15) is 11.5 Å². The maximum Gasteiger partial charge on any atom is 0.339 e. The van der Waals surface area contributed by atoms with E-state index in [1.165, 1.54) is 0 Å². The highest BCUT2D eigenvalue weighted by Crippen LogP contribution is 2.26. The lowest BCUT2D eigenvalue weighted by Gasteiger charge is -2.09. The van der Waals surface area contributed by atoms with Gasteiger partial charge in [0.25, 0.3) is 0 Å². The first-order chi connectivity index (χ1) is 14.5. The standard InChI is InChI=1S/C25H21NO4/c1-3-17-9-11-18(12-10-17)23(27)15-29-25(28)20-14-22(24-13-8-16(2)30-24)26-21-7-5-4-6-19(20)21/h4-14H,3,15H2,1-2H3. The van der Waals surface area contributed by atoms with E-state index in [0.717, 1.165) is 17.7 Å². The van der Waals surface area contributed by atoms with Gasteiger partial charge in [0.15, 0.2) is 18.2 Å². The van der Waals surface area contributed by atoms with Crippen LogP contribution in [0.3, 0.4) is 0 Å². The molecule has 30 heavy (non-hydrogen) atoms. The average Bonchev–Trinajstić information content (AvgIpc) is 3.22. The molecule has 0 saturated heterocycles. The first-order valence-electron chi connectivity index (χ1n) is 9.81. The SMILES string of the molecule is CCc1ccc(C(=O)COC(=O)c2cc(-c3ccc(C)o3)nc3ccccc23)cc1. The molecule has 0 aliphatic rings. The Morgan fingerprint density at radius 3 is 2.47 bits per heavy atom. The van der Waals surface area contributed by atoms with Crippen LogP contribution in [0, 0.1) is 6.92 Å². The molecular formula is C25H21NO4. The van der Waals surface area contributed by atoms with Gasteiger partial charge in [-0.1, -0.05) is 49.4 Å². The van der Waals surface area contributed by atoms with Crippen molar-refractivity contribution in [3.05, 3.63) is 89.2 Å². The Labute approximate surface area is 174 Å². The van der Waals surface area contributed by atoms with Gasteiger partial charge in [-0.05, 0) is 43.2 Å². The van der Waals surface area contributed by atoms with Gasteiger partial charge in [-0.25, -0.2) is 9.78 Å². The molecular weight excluding hydrogens is 378 g/mol. The Morgan fingerprint density at radius 2 is 1.77 bits per heavy atom. The van der Waals surface area contributed by atoms with E-state index >= 15 is 0 Å². The number of carbonyl (C=O) groups is 2. The second-order valence-corrected chi connectivity index (χ2v) is 7.03. The predicted octanol–water partition coefficient (Wildman–Crippen LogP) is 5.41. The molecule has 0 atom stereocenters. The maximum absolute atomic E-state index is 12.9. The Bertz CT molecular complexity index is 1220. The first-order valence-corrected chi connectivity index (χ1v) is 9.81. The van der Waals surface area contributed by atoms with E-state index in [2.05, 4.69) is 11.9 Å². The fraction of sp³-hybridized carbons (Fsp3) is 0.160. The zero-order valence-corrected chi connectivity index (χ0v) is 16.8. The molecule has 0 fully saturated rings. The lowest BCUT2D eigenvalue weighted by molar-refractivity contribution is 0.0476. The Kier molecular flexibility index (Phi) is 5.44. The van der Waals surface area contributed by atoms with E-state index < -0.39 is 5.97 Å². The highest BCUT2D eigenvalue weighted by Gasteiger charge is 2.18. The molecule has 5 heteroatoms. The monoisotopic (exact) mass is 399 g/mol. The normalized spacial score (nSPS) is 10.9. The molecule has 0 spiro atoms. The van der Waals surface area contributed by atoms with Crippen LogP contribution in [0.2, 0.25) is 0 Å². The number of rotatable bonds is 6. The van der Waals surface area contributed by atoms with Gasteiger partial charge in [-0.15, -0.1) is 0 Å². The molecule has 0 bridgehead atoms. The van der Waals surface area contributed by atoms with Gasteiger partial charge in [-0.3, -0.25) is 4.79 Å². The summed E-state index contributed by atoms with van der Waals surface area (Å²) >= 11 is 0. The second-order valence-electron chi connectivity index (χ2n) is 7.03. The van der Waals surface area contributed by atoms with E-state index in [0.29, 0.717) is 33.5 Å². The summed E-state index contributed by atoms with van der Waals surface area (Å²) in [5.74, 6) is 0.506. The van der Waals surface area contributed by atoms with Crippen LogP contribution in [0.25, 0.3) is 22.4 Å². The molecule has 2 aromatic carbocycles. The quantitative estimate of drug-likeness (QED) is 0.320. The van der Waals surface area contributed by atoms with Crippen LogP contribution in [-0.2, 0) is 11.2 Å². The van der Waals surface area contributed by atoms with Crippen LogP contribution in [0.1, 0.15) is 39.0 Å². The fourth-order valence-corrected chi connectivity index (χ4v) is 3.26. The van der Waals surface area contributed by atoms with Crippen molar-refractivity contribution >= 4 is 22.7 Å². The number of carbonyl (C=O) groups excluding carboxylic acids is 2. The summed E-state index contributed by atoms with van der Waals surface area (Å²) in [5, 5.41) is 0.661. The maximum atomic E-state index is 12.9. The van der Waals surface area contributed by atoms with Crippen molar-refractivity contribution in [1.29, 1.82) is 0 Å². The summed E-state index contributed by atoms with van der Waals surface area (Å²) in [6.45, 7) is 3.57. The van der Waals surface area contributed by atoms with Gasteiger partial charge in [0.2, 0.25) is 0 Å². The number of ketones is 1. The van der Waals surface area contributed by atoms with Gasteiger partial charge in [-0.2, -0.15) is 0 Å². The van der Waals surface area contributed by atoms with Crippen LogP contribution in [-0.4, -0.2) is 23.3 Å². The van der Waals surface area contributed by atoms with E-state index in [9.17, 15) is 9.59 Å². The zero-order valence-electron chi connectivity index (χ0n) is 16.8. The number of Topliss-reactive ketones (excluding diaryl/α,β-unsaturated/α-hetero) is 1. The number of hydrogen-bond donors (Lipinski definition) is 0. The van der Waals surface area contributed by atoms with Crippen LogP contribution < -0.4 is 0 Å². The van der Waals surface area contributed by atoms with E-state index in [1.807, 2.05) is 49.4 Å². The van der Waals surface area contributed by atoms with E-state index in [1.54, 1.807) is 24.3 Å². The zero-order chi connectivity index (χ0) is 21.1. The van der Waals surface area contributed by atoms with Gasteiger partial charge in [0, 0.05) is 10.9 Å². The van der Waals surface area contributed by atoms with Crippen LogP contribution >= 0.6 is 0 Å². The fourth-order valence-electron chi connectivity index (χ4n) is 3.26. The molecule has 5 nitrogen and oxygen atoms in total. The minimum atomic E-state index is -0.573. The molecule has 0 saturated carbocycles. The van der Waals surface area contributed by atoms with Crippen molar-refractivity contribution in [1.82, 2.24) is 4.98 Å². The molecule has 0 amide bonds. The van der Waals surface area contributed by atoms with Gasteiger partial charge < -0.3 is 9.15 Å². The van der Waals surface area contributed by atoms with Crippen molar-refractivity contribution in [2.24, 2.45) is 0 Å². The molecule has 2 heterocycles. The number of furan rings is 1. The van der Waals surface area contributed by atoms with Crippen molar-refractivity contribution in [3.8, 4) is 11.5 Å². The molecule has 2 aromatic heterocycles. The number of para-hydroxylation sites is 1. The Morgan fingerprint density at radius 1 is 1.00 bits per heavy atom. The Balaban J connectivity index is 1.59. The first kappa shape index (κ1) is 19.6. The minimum absolute atomic E-state index is 0.244. The lowest BCUT2D eigenvalue weighted by Crippen LogP contribution is -2.15. The summed E-state index contributed by atoms with van der Waals surface area (Å²) in [5.41, 5.74) is 3.20. The summed E-state index contributed by atoms with van der Waals surface area (Å²) in [6, 6.07) is 19.9. The van der Waals surface area contributed by atoms with E-state index in [-0.39, 0.29) is 12.4 Å². The van der Waals surface area contributed by atoms with Gasteiger partial charge >= 0.3 is 5.97 Å². The molecule has 4 aromatic rings. The Hall–Kier alpha value is -3.73. The number of pyridine rings is 1. The smallest absolute Gasteiger partial charge is 0.339 e. The third-order valence-corrected chi connectivity index (χ3v) is 4.95. The predicted molar refractivity (Wildman–Crippen MR) is 115 cm³/mol. The highest BCUT2D eigenvalue weighted by molar-refractivity contribution is 6.06.